The third kappa shape index (κ3) is 11.4. The molecule has 1 aliphatic heterocycles. The number of aliphatic hydroxyl groups is 5. The predicted molar refractivity (Wildman–Crippen MR) is 123 cm³/mol. The number of unbranched alkanes of at least 4 members (excludes halogenated alkanes) is 8. The van der Waals surface area contributed by atoms with Crippen LogP contribution in [0.15, 0.2) is 0 Å². The summed E-state index contributed by atoms with van der Waals surface area (Å²) in [7, 11) is 0. The van der Waals surface area contributed by atoms with Crippen LogP contribution in [0.3, 0.4) is 0 Å². The van der Waals surface area contributed by atoms with Gasteiger partial charge in [0.15, 0.2) is 6.29 Å². The number of aliphatic hydroxyl groups excluding tert-OH is 4. The molecule has 0 aliphatic carbocycles. The molecule has 196 valence electrons. The molecule has 7 atom stereocenters. The zero-order chi connectivity index (χ0) is 25.0. The van der Waals surface area contributed by atoms with Gasteiger partial charge in [0.1, 0.15) is 24.4 Å². The van der Waals surface area contributed by atoms with Crippen LogP contribution in [0.5, 0.6) is 0 Å². The molecule has 6 N–H and O–H groups in total. The summed E-state index contributed by atoms with van der Waals surface area (Å²) in [6.07, 6.45) is 3.04. The summed E-state index contributed by atoms with van der Waals surface area (Å²) in [5, 5.41) is 58.4. The molecule has 33 heavy (non-hydrogen) atoms. The van der Waals surface area contributed by atoms with Gasteiger partial charge in [0, 0.05) is 0 Å². The average Bonchev–Trinajstić information content (AvgIpc) is 2.75. The van der Waals surface area contributed by atoms with E-state index in [1.807, 2.05) is 13.8 Å². The van der Waals surface area contributed by atoms with Crippen LogP contribution in [0.4, 0.5) is 0 Å². The number of carboxylic acids is 1. The SMILES string of the molecule is C[C@H](C(=O)O)[C@@H](CCCCCCCCCCCC(C)(C)O)O[C@@H]1O[C@H](CO)[C@@H](O)[C@H](O)[C@H]1O. The van der Waals surface area contributed by atoms with Crippen molar-refractivity contribution in [2.45, 2.75) is 134 Å². The number of hydrogen-bond donors (Lipinski definition) is 6. The number of aliphatic carboxylic acids is 1. The van der Waals surface area contributed by atoms with Crippen molar-refractivity contribution in [3.8, 4) is 0 Å². The lowest BCUT2D eigenvalue weighted by molar-refractivity contribution is -0.314. The van der Waals surface area contributed by atoms with E-state index >= 15 is 0 Å². The summed E-state index contributed by atoms with van der Waals surface area (Å²) in [5.41, 5.74) is -0.581. The molecule has 0 amide bonds. The Balaban J connectivity index is 2.34. The first-order valence-electron chi connectivity index (χ1n) is 12.4. The lowest BCUT2D eigenvalue weighted by Gasteiger charge is -2.41. The topological polar surface area (TPSA) is 157 Å². The largest absolute Gasteiger partial charge is 0.481 e. The molecule has 0 unspecified atom stereocenters. The standard InChI is InChI=1S/C24H46O9/c1-16(22(29)30)17(32-23-21(28)20(27)19(26)18(15-25)33-23)13-11-9-7-5-4-6-8-10-12-14-24(2,3)31/h16-21,23,25-28,31H,4-15H2,1-3H3,(H,29,30)/t16-,17+,18+,19+,20-,21+,23+/m0/s1. The van der Waals surface area contributed by atoms with E-state index in [4.69, 9.17) is 9.47 Å². The molecule has 0 bridgehead atoms. The van der Waals surface area contributed by atoms with Gasteiger partial charge in [0.25, 0.3) is 0 Å². The van der Waals surface area contributed by atoms with Crippen molar-refractivity contribution in [2.24, 2.45) is 5.92 Å². The Morgan fingerprint density at radius 2 is 1.42 bits per heavy atom. The highest BCUT2D eigenvalue weighted by Crippen LogP contribution is 2.26. The first-order chi connectivity index (χ1) is 15.5. The maximum absolute atomic E-state index is 11.5. The maximum Gasteiger partial charge on any atom is 0.308 e. The van der Waals surface area contributed by atoms with Crippen LogP contribution >= 0.6 is 0 Å². The summed E-state index contributed by atoms with van der Waals surface area (Å²) in [6.45, 7) is 4.63. The van der Waals surface area contributed by atoms with Crippen molar-refractivity contribution in [1.82, 2.24) is 0 Å². The van der Waals surface area contributed by atoms with Gasteiger partial charge in [-0.15, -0.1) is 0 Å². The lowest BCUT2D eigenvalue weighted by Crippen LogP contribution is -2.60. The van der Waals surface area contributed by atoms with Crippen molar-refractivity contribution in [2.75, 3.05) is 6.61 Å². The number of carbonyl (C=O) groups is 1. The van der Waals surface area contributed by atoms with Crippen molar-refractivity contribution in [1.29, 1.82) is 0 Å². The smallest absolute Gasteiger partial charge is 0.308 e. The molecule has 1 heterocycles. The van der Waals surface area contributed by atoms with E-state index in [2.05, 4.69) is 0 Å². The third-order valence-electron chi connectivity index (χ3n) is 6.38. The first kappa shape index (κ1) is 30.2. The molecule has 0 aromatic heterocycles. The van der Waals surface area contributed by atoms with Crippen LogP contribution in [-0.2, 0) is 14.3 Å². The van der Waals surface area contributed by atoms with Gasteiger partial charge < -0.3 is 40.1 Å². The summed E-state index contributed by atoms with van der Waals surface area (Å²) in [6, 6.07) is 0. The van der Waals surface area contributed by atoms with Gasteiger partial charge in [0.05, 0.1) is 24.2 Å². The number of rotatable bonds is 17. The molecule has 0 aromatic carbocycles. The molecule has 9 heteroatoms. The van der Waals surface area contributed by atoms with Gasteiger partial charge in [-0.1, -0.05) is 57.8 Å². The van der Waals surface area contributed by atoms with E-state index in [-0.39, 0.29) is 0 Å². The van der Waals surface area contributed by atoms with Gasteiger partial charge in [-0.25, -0.2) is 0 Å². The molecule has 1 rings (SSSR count). The molecule has 1 fully saturated rings. The van der Waals surface area contributed by atoms with Crippen LogP contribution in [0.25, 0.3) is 0 Å². The molecule has 1 saturated heterocycles. The van der Waals surface area contributed by atoms with E-state index in [0.717, 1.165) is 51.4 Å². The van der Waals surface area contributed by atoms with Gasteiger partial charge in [-0.2, -0.15) is 0 Å². The van der Waals surface area contributed by atoms with E-state index in [0.29, 0.717) is 6.42 Å². The zero-order valence-electron chi connectivity index (χ0n) is 20.4. The normalized spacial score (nSPS) is 27.9. The minimum atomic E-state index is -1.56. The van der Waals surface area contributed by atoms with Crippen molar-refractivity contribution in [3.05, 3.63) is 0 Å². The summed E-state index contributed by atoms with van der Waals surface area (Å²) < 4.78 is 11.1. The third-order valence-corrected chi connectivity index (χ3v) is 6.38. The fourth-order valence-electron chi connectivity index (χ4n) is 4.09. The highest BCUT2D eigenvalue weighted by molar-refractivity contribution is 5.70. The van der Waals surface area contributed by atoms with E-state index in [9.17, 15) is 35.4 Å². The molecular formula is C24H46O9. The number of hydrogen-bond acceptors (Lipinski definition) is 8. The van der Waals surface area contributed by atoms with Crippen molar-refractivity contribution < 1.29 is 44.9 Å². The lowest BCUT2D eigenvalue weighted by atomic mass is 9.96. The van der Waals surface area contributed by atoms with Gasteiger partial charge in [0.2, 0.25) is 0 Å². The molecule has 0 spiro atoms. The minimum Gasteiger partial charge on any atom is -0.481 e. The molecule has 9 nitrogen and oxygen atoms in total. The molecular weight excluding hydrogens is 432 g/mol. The van der Waals surface area contributed by atoms with Crippen molar-refractivity contribution >= 4 is 5.97 Å². The fraction of sp³-hybridized carbons (Fsp3) is 0.958. The monoisotopic (exact) mass is 478 g/mol. The first-order valence-corrected chi connectivity index (χ1v) is 12.4. The van der Waals surface area contributed by atoms with Gasteiger partial charge in [-0.05, 0) is 33.6 Å². The molecule has 0 saturated carbocycles. The summed E-state index contributed by atoms with van der Waals surface area (Å²) >= 11 is 0. The Morgan fingerprint density at radius 3 is 1.91 bits per heavy atom. The van der Waals surface area contributed by atoms with E-state index in [1.165, 1.54) is 19.8 Å². The highest BCUT2D eigenvalue weighted by atomic mass is 16.7. The minimum absolute atomic E-state index is 0.458. The Hall–Kier alpha value is -0.810. The van der Waals surface area contributed by atoms with Crippen LogP contribution in [0.1, 0.15) is 91.4 Å². The number of carboxylic acid groups (broad SMARTS) is 1. The van der Waals surface area contributed by atoms with Gasteiger partial charge >= 0.3 is 5.97 Å². The van der Waals surface area contributed by atoms with E-state index < -0.39 is 60.9 Å². The Labute approximate surface area is 197 Å². The second kappa shape index (κ2) is 15.2. The molecule has 0 aromatic rings. The van der Waals surface area contributed by atoms with Crippen LogP contribution in [0.2, 0.25) is 0 Å². The summed E-state index contributed by atoms with van der Waals surface area (Å²) in [5.74, 6) is -1.88. The fourth-order valence-corrected chi connectivity index (χ4v) is 4.09. The maximum atomic E-state index is 11.5. The number of ether oxygens (including phenoxy) is 2. The quantitative estimate of drug-likeness (QED) is 0.172. The van der Waals surface area contributed by atoms with Crippen LogP contribution < -0.4 is 0 Å². The molecule has 0 radical (unpaired) electrons. The van der Waals surface area contributed by atoms with Crippen LogP contribution in [-0.4, -0.2) is 85.6 Å². The Bertz CT molecular complexity index is 535. The summed E-state index contributed by atoms with van der Waals surface area (Å²) in [4.78, 5) is 11.5. The molecule has 1 aliphatic rings. The second-order valence-electron chi connectivity index (χ2n) is 10.0. The van der Waals surface area contributed by atoms with Crippen molar-refractivity contribution in [3.63, 3.8) is 0 Å². The highest BCUT2D eigenvalue weighted by Gasteiger charge is 2.45. The average molecular weight is 479 g/mol. The second-order valence-corrected chi connectivity index (χ2v) is 10.0. The zero-order valence-corrected chi connectivity index (χ0v) is 20.4. The predicted octanol–water partition coefficient (Wildman–Crippen LogP) is 1.95. The van der Waals surface area contributed by atoms with Crippen LogP contribution in [0, 0.1) is 5.92 Å². The Morgan fingerprint density at radius 1 is 0.909 bits per heavy atom. The Kier molecular flexibility index (Phi) is 14.0. The van der Waals surface area contributed by atoms with E-state index in [1.54, 1.807) is 0 Å². The van der Waals surface area contributed by atoms with Gasteiger partial charge in [-0.3, -0.25) is 4.79 Å².